The average Bonchev–Trinajstić information content (AvgIpc) is 2.86. The van der Waals surface area contributed by atoms with Crippen LogP contribution >= 0.6 is 0 Å². The summed E-state index contributed by atoms with van der Waals surface area (Å²) >= 11 is 0. The fourth-order valence-corrected chi connectivity index (χ4v) is 3.79. The number of likely N-dealkylation sites (tertiary alicyclic amines) is 1. The molecule has 1 aliphatic carbocycles. The quantitative estimate of drug-likeness (QED) is 0.909. The third-order valence-corrected chi connectivity index (χ3v) is 5.23. The first kappa shape index (κ1) is 15.1. The second-order valence-electron chi connectivity index (χ2n) is 7.93. The fraction of sp³-hybridized carbons (Fsp3) is 0.684. The number of benzene rings is 1. The molecule has 3 unspecified atom stereocenters. The van der Waals surface area contributed by atoms with Crippen LogP contribution in [0.15, 0.2) is 30.3 Å². The van der Waals surface area contributed by atoms with E-state index in [0.29, 0.717) is 0 Å². The van der Waals surface area contributed by atoms with E-state index < -0.39 is 0 Å². The maximum atomic E-state index is 3.69. The lowest BCUT2D eigenvalue weighted by atomic mass is 9.78. The molecule has 3 atom stereocenters. The Morgan fingerprint density at radius 2 is 1.86 bits per heavy atom. The van der Waals surface area contributed by atoms with Gasteiger partial charge in [0.2, 0.25) is 0 Å². The van der Waals surface area contributed by atoms with Gasteiger partial charge in [-0.25, -0.2) is 0 Å². The first-order chi connectivity index (χ1) is 10.0. The Balaban J connectivity index is 1.52. The molecule has 0 spiro atoms. The van der Waals surface area contributed by atoms with E-state index >= 15 is 0 Å². The molecule has 1 aromatic rings. The highest BCUT2D eigenvalue weighted by molar-refractivity contribution is 5.21. The van der Waals surface area contributed by atoms with Crippen molar-refractivity contribution in [2.24, 2.45) is 5.92 Å². The number of hydrogen-bond donors (Lipinski definition) is 1. The van der Waals surface area contributed by atoms with E-state index in [1.165, 1.54) is 44.5 Å². The molecular weight excluding hydrogens is 256 g/mol. The minimum absolute atomic E-state index is 0.248. The van der Waals surface area contributed by atoms with Crippen molar-refractivity contribution in [2.45, 2.75) is 57.5 Å². The van der Waals surface area contributed by atoms with Crippen molar-refractivity contribution >= 4 is 0 Å². The lowest BCUT2D eigenvalue weighted by Gasteiger charge is -2.44. The van der Waals surface area contributed by atoms with Crippen LogP contribution in [0, 0.1) is 5.92 Å². The summed E-state index contributed by atoms with van der Waals surface area (Å²) < 4.78 is 0. The van der Waals surface area contributed by atoms with Gasteiger partial charge in [0.1, 0.15) is 0 Å². The molecule has 2 nitrogen and oxygen atoms in total. The summed E-state index contributed by atoms with van der Waals surface area (Å²) in [6, 6.07) is 11.9. The van der Waals surface area contributed by atoms with Crippen molar-refractivity contribution in [3.05, 3.63) is 35.9 Å². The highest BCUT2D eigenvalue weighted by Gasteiger charge is 2.39. The highest BCUT2D eigenvalue weighted by atomic mass is 15.2. The summed E-state index contributed by atoms with van der Waals surface area (Å²) in [5.41, 5.74) is 1.78. The van der Waals surface area contributed by atoms with E-state index in [-0.39, 0.29) is 5.54 Å². The Morgan fingerprint density at radius 3 is 2.48 bits per heavy atom. The summed E-state index contributed by atoms with van der Waals surface area (Å²) in [5.74, 6) is 1.61. The third-order valence-electron chi connectivity index (χ3n) is 5.23. The molecule has 1 heterocycles. The number of hydrogen-bond acceptors (Lipinski definition) is 2. The predicted molar refractivity (Wildman–Crippen MR) is 89.6 cm³/mol. The van der Waals surface area contributed by atoms with Crippen LogP contribution in [-0.2, 0) is 0 Å². The van der Waals surface area contributed by atoms with Gasteiger partial charge in [0, 0.05) is 18.1 Å². The van der Waals surface area contributed by atoms with Gasteiger partial charge in [-0.15, -0.1) is 0 Å². The molecule has 1 aromatic carbocycles. The van der Waals surface area contributed by atoms with E-state index in [9.17, 15) is 0 Å². The van der Waals surface area contributed by atoms with Crippen LogP contribution in [0.25, 0.3) is 0 Å². The molecule has 1 N–H and O–H groups in total. The van der Waals surface area contributed by atoms with Crippen molar-refractivity contribution in [1.82, 2.24) is 10.2 Å². The topological polar surface area (TPSA) is 15.3 Å². The molecule has 3 rings (SSSR count). The fourth-order valence-electron chi connectivity index (χ4n) is 3.79. The van der Waals surface area contributed by atoms with Gasteiger partial charge in [-0.05, 0) is 70.5 Å². The van der Waals surface area contributed by atoms with Gasteiger partial charge < -0.3 is 5.32 Å². The van der Waals surface area contributed by atoms with E-state index in [2.05, 4.69) is 61.3 Å². The molecule has 2 fully saturated rings. The highest BCUT2D eigenvalue weighted by Crippen LogP contribution is 2.37. The van der Waals surface area contributed by atoms with Gasteiger partial charge >= 0.3 is 0 Å². The van der Waals surface area contributed by atoms with Crippen molar-refractivity contribution in [1.29, 1.82) is 0 Å². The second kappa shape index (κ2) is 6.10. The molecule has 0 bridgehead atoms. The van der Waals surface area contributed by atoms with Crippen LogP contribution in [0.2, 0.25) is 0 Å². The molecule has 0 amide bonds. The van der Waals surface area contributed by atoms with Crippen LogP contribution in [-0.4, -0.2) is 36.1 Å². The Morgan fingerprint density at radius 1 is 1.10 bits per heavy atom. The van der Waals surface area contributed by atoms with Crippen LogP contribution in [0.3, 0.4) is 0 Å². The van der Waals surface area contributed by atoms with Crippen molar-refractivity contribution < 1.29 is 0 Å². The maximum absolute atomic E-state index is 3.69. The minimum Gasteiger partial charge on any atom is -0.312 e. The standard InChI is InChI=1S/C19H30N2/c1-19(2,3)20-13-16-9-10-18(16)21-12-11-17(14-21)15-7-5-4-6-8-15/h4-8,16-18,20H,9-14H2,1-3H3. The Bertz CT molecular complexity index is 448. The summed E-state index contributed by atoms with van der Waals surface area (Å²) in [4.78, 5) is 2.76. The van der Waals surface area contributed by atoms with E-state index in [4.69, 9.17) is 0 Å². The molecule has 1 saturated heterocycles. The molecule has 2 heteroatoms. The van der Waals surface area contributed by atoms with Gasteiger partial charge in [-0.3, -0.25) is 4.90 Å². The average molecular weight is 286 g/mol. The van der Waals surface area contributed by atoms with Gasteiger partial charge in [0.05, 0.1) is 0 Å². The second-order valence-corrected chi connectivity index (χ2v) is 7.93. The number of nitrogens with one attached hydrogen (secondary N) is 1. The Labute approximate surface area is 129 Å². The molecule has 1 saturated carbocycles. The van der Waals surface area contributed by atoms with E-state index in [1.807, 2.05) is 0 Å². The first-order valence-electron chi connectivity index (χ1n) is 8.57. The molecular formula is C19H30N2. The van der Waals surface area contributed by atoms with Crippen LogP contribution in [0.4, 0.5) is 0 Å². The van der Waals surface area contributed by atoms with Gasteiger partial charge in [0.15, 0.2) is 0 Å². The minimum atomic E-state index is 0.248. The maximum Gasteiger partial charge on any atom is 0.0136 e. The van der Waals surface area contributed by atoms with Crippen LogP contribution in [0.1, 0.15) is 51.5 Å². The summed E-state index contributed by atoms with van der Waals surface area (Å²) in [6.45, 7) is 10.5. The van der Waals surface area contributed by atoms with E-state index in [1.54, 1.807) is 0 Å². The van der Waals surface area contributed by atoms with Gasteiger partial charge in [-0.2, -0.15) is 0 Å². The monoisotopic (exact) mass is 286 g/mol. The van der Waals surface area contributed by atoms with Gasteiger partial charge in [-0.1, -0.05) is 30.3 Å². The Hall–Kier alpha value is -0.860. The zero-order valence-corrected chi connectivity index (χ0v) is 13.8. The molecule has 0 aromatic heterocycles. The summed E-state index contributed by atoms with van der Waals surface area (Å²) in [7, 11) is 0. The SMILES string of the molecule is CC(C)(C)NCC1CCC1N1CCC(c2ccccc2)C1. The molecule has 116 valence electrons. The predicted octanol–water partition coefficient (Wildman–Crippen LogP) is 3.64. The smallest absolute Gasteiger partial charge is 0.0136 e. The summed E-state index contributed by atoms with van der Waals surface area (Å²) in [5, 5.41) is 3.69. The van der Waals surface area contributed by atoms with Crippen LogP contribution in [0.5, 0.6) is 0 Å². The number of nitrogens with zero attached hydrogens (tertiary/aromatic N) is 1. The third kappa shape index (κ3) is 3.67. The Kier molecular flexibility index (Phi) is 4.37. The molecule has 21 heavy (non-hydrogen) atoms. The summed E-state index contributed by atoms with van der Waals surface area (Å²) in [6.07, 6.45) is 4.14. The lowest BCUT2D eigenvalue weighted by Crippen LogP contribution is -2.52. The number of rotatable bonds is 4. The largest absolute Gasteiger partial charge is 0.312 e. The first-order valence-corrected chi connectivity index (χ1v) is 8.57. The van der Waals surface area contributed by atoms with E-state index in [0.717, 1.165) is 17.9 Å². The van der Waals surface area contributed by atoms with Gasteiger partial charge in [0.25, 0.3) is 0 Å². The normalized spacial score (nSPS) is 30.3. The lowest BCUT2D eigenvalue weighted by molar-refractivity contribution is 0.0767. The molecule has 0 radical (unpaired) electrons. The molecule has 1 aliphatic heterocycles. The zero-order chi connectivity index (χ0) is 14.9. The van der Waals surface area contributed by atoms with Crippen molar-refractivity contribution in [2.75, 3.05) is 19.6 Å². The zero-order valence-electron chi connectivity index (χ0n) is 13.8. The van der Waals surface area contributed by atoms with Crippen molar-refractivity contribution in [3.8, 4) is 0 Å². The molecule has 2 aliphatic rings. The van der Waals surface area contributed by atoms with Crippen molar-refractivity contribution in [3.63, 3.8) is 0 Å². The van der Waals surface area contributed by atoms with Crippen LogP contribution < -0.4 is 5.32 Å².